The zero-order valence-electron chi connectivity index (χ0n) is 14.3. The standard InChI is InChI=1S/2C9H5Cl2.2CH3.Si.Zr/c2*10-8-4-6-2-1-3-7(6)5-9(8)11;;;;/h2*1-5H;2*1H3;;/q4*-1;;. The first-order valence-corrected chi connectivity index (χ1v) is 12.5. The molecule has 0 heterocycles. The van der Waals surface area contributed by atoms with Gasteiger partial charge in [-0.2, -0.15) is 24.3 Å². The molecule has 4 aromatic carbocycles. The Kier molecular flexibility index (Phi) is 12.4. The third kappa shape index (κ3) is 6.51. The van der Waals surface area contributed by atoms with Crippen molar-refractivity contribution in [3.05, 3.63) is 95.6 Å². The molecule has 0 amide bonds. The molecule has 26 heavy (non-hydrogen) atoms. The molecular weight excluding hydrogens is 501 g/mol. The third-order valence-corrected chi connectivity index (χ3v) is 4.80. The Bertz CT molecular complexity index is 809. The van der Waals surface area contributed by atoms with Gasteiger partial charge in [0.05, 0.1) is 0 Å². The van der Waals surface area contributed by atoms with E-state index in [0.29, 0.717) is 20.1 Å². The molecule has 6 heteroatoms. The molecule has 0 unspecified atom stereocenters. The number of rotatable bonds is 0. The van der Waals surface area contributed by atoms with Gasteiger partial charge in [-0.05, 0) is 0 Å². The van der Waals surface area contributed by atoms with E-state index in [9.17, 15) is 0 Å². The van der Waals surface area contributed by atoms with E-state index < -0.39 is 0 Å². The molecule has 0 spiro atoms. The van der Waals surface area contributed by atoms with Crippen molar-refractivity contribution in [2.45, 2.75) is 0 Å². The van der Waals surface area contributed by atoms with Crippen LogP contribution in [0.15, 0.2) is 60.7 Å². The average molecular weight is 517 g/mol. The van der Waals surface area contributed by atoms with Gasteiger partial charge in [0.1, 0.15) is 0 Å². The average Bonchev–Trinajstić information content (AvgIpc) is 3.20. The summed E-state index contributed by atoms with van der Waals surface area (Å²) in [7, 11) is 0. The van der Waals surface area contributed by atoms with E-state index in [1.54, 1.807) is 0 Å². The summed E-state index contributed by atoms with van der Waals surface area (Å²) in [5.41, 5.74) is 0. The molecule has 0 N–H and O–H groups in total. The van der Waals surface area contributed by atoms with E-state index >= 15 is 0 Å². The van der Waals surface area contributed by atoms with Crippen molar-refractivity contribution >= 4 is 74.8 Å². The molecule has 0 fully saturated rings. The zero-order chi connectivity index (χ0) is 17.7. The van der Waals surface area contributed by atoms with Gasteiger partial charge in [0.2, 0.25) is 0 Å². The minimum atomic E-state index is 0. The summed E-state index contributed by atoms with van der Waals surface area (Å²) < 4.78 is 0. The summed E-state index contributed by atoms with van der Waals surface area (Å²) in [6, 6.07) is 19.5. The molecule has 0 nitrogen and oxygen atoms in total. The van der Waals surface area contributed by atoms with Crippen LogP contribution in [0.1, 0.15) is 0 Å². The first-order valence-electron chi connectivity index (χ1n) is 6.80. The van der Waals surface area contributed by atoms with Crippen molar-refractivity contribution in [3.63, 3.8) is 0 Å². The van der Waals surface area contributed by atoms with Gasteiger partial charge >= 0.3 is 30.2 Å². The van der Waals surface area contributed by atoms with Crippen LogP contribution in [0.3, 0.4) is 0 Å². The molecule has 0 bridgehead atoms. The fourth-order valence-corrected chi connectivity index (χ4v) is 2.93. The topological polar surface area (TPSA) is 0 Å². The summed E-state index contributed by atoms with van der Waals surface area (Å²) >= 11 is 24.6. The fourth-order valence-electron chi connectivity index (χ4n) is 2.24. The van der Waals surface area contributed by atoms with Crippen LogP contribution in [0.4, 0.5) is 0 Å². The number of hydrogen-bond acceptors (Lipinski definition) is 0. The summed E-state index contributed by atoms with van der Waals surface area (Å²) in [5.74, 6) is 0. The van der Waals surface area contributed by atoms with Gasteiger partial charge in [-0.1, -0.05) is 58.5 Å². The molecule has 136 valence electrons. The third-order valence-electron chi connectivity index (χ3n) is 3.36. The number of fused-ring (bicyclic) bond motifs is 2. The van der Waals surface area contributed by atoms with Crippen LogP contribution >= 0.6 is 46.4 Å². The molecule has 0 saturated carbocycles. The van der Waals surface area contributed by atoms with Crippen molar-refractivity contribution in [2.24, 2.45) is 0 Å². The monoisotopic (exact) mass is 514 g/mol. The Morgan fingerprint density at radius 2 is 0.923 bits per heavy atom. The van der Waals surface area contributed by atoms with Crippen molar-refractivity contribution in [2.75, 3.05) is 0 Å². The molecule has 0 atom stereocenters. The molecule has 0 aromatic heterocycles. The van der Waals surface area contributed by atoms with Gasteiger partial charge in [-0.25, -0.2) is 0 Å². The van der Waals surface area contributed by atoms with E-state index in [0.717, 1.165) is 21.5 Å². The van der Waals surface area contributed by atoms with Crippen LogP contribution in [-0.4, -0.2) is 6.88 Å². The van der Waals surface area contributed by atoms with Gasteiger partial charge in [0, 0.05) is 20.1 Å². The van der Waals surface area contributed by atoms with Crippen LogP contribution < -0.4 is 0 Å². The Morgan fingerprint density at radius 3 is 1.27 bits per heavy atom. The quantitative estimate of drug-likeness (QED) is 0.163. The van der Waals surface area contributed by atoms with E-state index in [1.807, 2.05) is 60.7 Å². The number of halogens is 4. The second kappa shape index (κ2) is 12.4. The Morgan fingerprint density at radius 1 is 0.615 bits per heavy atom. The fraction of sp³-hybridized carbons (Fsp3) is 0. The van der Waals surface area contributed by atoms with Crippen molar-refractivity contribution in [1.82, 2.24) is 0 Å². The Labute approximate surface area is 192 Å². The molecule has 0 aliphatic rings. The van der Waals surface area contributed by atoms with Gasteiger partial charge in [-0.3, -0.25) is 0 Å². The maximum absolute atomic E-state index is 5.81. The molecule has 2 radical (unpaired) electrons. The number of hydrogen-bond donors (Lipinski definition) is 0. The van der Waals surface area contributed by atoms with Gasteiger partial charge < -0.3 is 14.9 Å². The Balaban J connectivity index is 0.000000410. The first-order chi connectivity index (χ1) is 11.5. The SMILES string of the molecule is Clc1cc2cc[cH-]c2cc1Cl.Clc1cc2cc[cH-]c2cc1Cl.[CH3-].[CH3-].[Si]=[Zr]. The van der Waals surface area contributed by atoms with Gasteiger partial charge in [0.15, 0.2) is 0 Å². The van der Waals surface area contributed by atoms with Crippen molar-refractivity contribution in [1.29, 1.82) is 0 Å². The van der Waals surface area contributed by atoms with Crippen LogP contribution in [0.5, 0.6) is 0 Å². The molecule has 0 aliphatic carbocycles. The van der Waals surface area contributed by atoms with E-state index in [-0.39, 0.29) is 14.9 Å². The molecular formula is C20H16Cl4SiZr-4. The van der Waals surface area contributed by atoms with Crippen LogP contribution in [0.2, 0.25) is 20.1 Å². The summed E-state index contributed by atoms with van der Waals surface area (Å²) in [6.07, 6.45) is 0. The summed E-state index contributed by atoms with van der Waals surface area (Å²) in [5, 5.41) is 7.02. The predicted octanol–water partition coefficient (Wildman–Crippen LogP) is 8.25. The number of benzene rings is 2. The zero-order valence-corrected chi connectivity index (χ0v) is 20.8. The van der Waals surface area contributed by atoms with Crippen LogP contribution in [-0.2, 0) is 23.3 Å². The second-order valence-corrected chi connectivity index (χ2v) is 6.47. The Hall–Kier alpha value is -0.0800. The minimum absolute atomic E-state index is 0. The van der Waals surface area contributed by atoms with Crippen molar-refractivity contribution in [3.8, 4) is 0 Å². The predicted molar refractivity (Wildman–Crippen MR) is 118 cm³/mol. The molecule has 0 saturated heterocycles. The van der Waals surface area contributed by atoms with E-state index in [1.165, 1.54) is 23.3 Å². The van der Waals surface area contributed by atoms with Crippen LogP contribution in [0.25, 0.3) is 21.5 Å². The summed E-state index contributed by atoms with van der Waals surface area (Å²) in [4.78, 5) is 0. The maximum atomic E-state index is 5.81. The van der Waals surface area contributed by atoms with Crippen molar-refractivity contribution < 1.29 is 23.3 Å². The summed E-state index contributed by atoms with van der Waals surface area (Å²) in [6.45, 7) is 3.06. The van der Waals surface area contributed by atoms with E-state index in [2.05, 4.69) is 6.88 Å². The van der Waals surface area contributed by atoms with Gasteiger partial charge in [-0.15, -0.1) is 45.8 Å². The molecule has 4 aromatic rings. The normalized spacial score (nSPS) is 9.19. The van der Waals surface area contributed by atoms with Gasteiger partial charge in [0.25, 0.3) is 0 Å². The molecule has 0 aliphatic heterocycles. The van der Waals surface area contributed by atoms with E-state index in [4.69, 9.17) is 46.4 Å². The van der Waals surface area contributed by atoms with Crippen LogP contribution in [0, 0.1) is 14.9 Å². The molecule has 4 rings (SSSR count). The first kappa shape index (κ1) is 25.9. The second-order valence-electron chi connectivity index (χ2n) is 4.84.